The molecule has 0 amide bonds. The van der Waals surface area contributed by atoms with Gasteiger partial charge in [0.05, 0.1) is 18.1 Å². The first-order valence-electron chi connectivity index (χ1n) is 3.49. The number of hydrogen-bond acceptors (Lipinski definition) is 4. The van der Waals surface area contributed by atoms with E-state index in [0.717, 1.165) is 6.26 Å². The highest BCUT2D eigenvalue weighted by molar-refractivity contribution is 9.11. The van der Waals surface area contributed by atoms with Crippen LogP contribution in [0.15, 0.2) is 9.39 Å². The highest BCUT2D eigenvalue weighted by Gasteiger charge is 2.15. The van der Waals surface area contributed by atoms with Crippen molar-refractivity contribution in [3.63, 3.8) is 0 Å². The molecule has 0 saturated heterocycles. The molecule has 0 aromatic heterocycles. The highest BCUT2D eigenvalue weighted by Crippen LogP contribution is 2.17. The van der Waals surface area contributed by atoms with Crippen LogP contribution in [0.2, 0.25) is 0 Å². The molecule has 0 aliphatic rings. The first-order valence-corrected chi connectivity index (χ1v) is 6.17. The third-order valence-corrected chi connectivity index (χ3v) is 3.53. The lowest BCUT2D eigenvalue weighted by Crippen LogP contribution is -2.10. The lowest BCUT2D eigenvalue weighted by atomic mass is 10.5. The minimum absolute atomic E-state index is 0.0583. The molecule has 0 N–H and O–H groups in total. The predicted octanol–water partition coefficient (Wildman–Crippen LogP) is 0.930. The fraction of sp³-hybridized carbons (Fsp3) is 0.714. The van der Waals surface area contributed by atoms with Crippen molar-refractivity contribution in [2.24, 2.45) is 0 Å². The quantitative estimate of drug-likeness (QED) is 0.747. The van der Waals surface area contributed by atoms with E-state index in [1.54, 1.807) is 0 Å². The summed E-state index contributed by atoms with van der Waals surface area (Å²) < 4.78 is 32.5. The summed E-state index contributed by atoms with van der Waals surface area (Å²) in [6.45, 7) is 0.286. The molecule has 0 aromatic rings. The number of sulfone groups is 1. The van der Waals surface area contributed by atoms with E-state index in [2.05, 4.69) is 15.9 Å². The smallest absolute Gasteiger partial charge is 0.174 e. The molecule has 4 nitrogen and oxygen atoms in total. The summed E-state index contributed by atoms with van der Waals surface area (Å²) >= 11 is 3.14. The van der Waals surface area contributed by atoms with Crippen LogP contribution in [-0.4, -0.2) is 42.1 Å². The molecule has 13 heavy (non-hydrogen) atoms. The van der Waals surface area contributed by atoms with Gasteiger partial charge in [0.1, 0.15) is 0 Å². The summed E-state index contributed by atoms with van der Waals surface area (Å²) in [4.78, 5) is 0.219. The number of halogens is 1. The maximum atomic E-state index is 11.2. The van der Waals surface area contributed by atoms with Crippen LogP contribution >= 0.6 is 15.9 Å². The van der Waals surface area contributed by atoms with Crippen LogP contribution in [0.5, 0.6) is 0 Å². The van der Waals surface area contributed by atoms with Gasteiger partial charge in [-0.3, -0.25) is 0 Å². The zero-order valence-electron chi connectivity index (χ0n) is 7.83. The number of ether oxygens (including phenoxy) is 2. The third kappa shape index (κ3) is 4.75. The molecule has 0 radical (unpaired) electrons. The average Bonchev–Trinajstić information content (AvgIpc) is 1.98. The van der Waals surface area contributed by atoms with E-state index in [9.17, 15) is 8.42 Å². The molecule has 0 atom stereocenters. The van der Waals surface area contributed by atoms with Gasteiger partial charge < -0.3 is 9.47 Å². The van der Waals surface area contributed by atoms with E-state index in [4.69, 9.17) is 9.47 Å². The maximum absolute atomic E-state index is 11.2. The fourth-order valence-electron chi connectivity index (χ4n) is 0.725. The molecule has 0 unspecified atom stereocenters. The number of hydrogen-bond donors (Lipinski definition) is 0. The Morgan fingerprint density at radius 3 is 2.00 bits per heavy atom. The molecular weight excluding hydrogens is 260 g/mol. The molecular formula is C7H13BrO4S. The van der Waals surface area contributed by atoms with E-state index < -0.39 is 9.84 Å². The SMILES string of the molecule is COCC(Br)=C(COC)S(C)(=O)=O. The number of rotatable bonds is 5. The van der Waals surface area contributed by atoms with Gasteiger partial charge in [-0.2, -0.15) is 0 Å². The van der Waals surface area contributed by atoms with Gasteiger partial charge in [0, 0.05) is 25.0 Å². The maximum Gasteiger partial charge on any atom is 0.174 e. The second-order valence-corrected chi connectivity index (χ2v) is 5.46. The lowest BCUT2D eigenvalue weighted by Gasteiger charge is -2.07. The molecule has 0 aliphatic heterocycles. The Morgan fingerprint density at radius 1 is 1.23 bits per heavy atom. The monoisotopic (exact) mass is 272 g/mol. The fourth-order valence-corrected chi connectivity index (χ4v) is 2.74. The Bertz CT molecular complexity index is 281. The molecule has 0 fully saturated rings. The number of methoxy groups -OCH3 is 2. The van der Waals surface area contributed by atoms with Crippen molar-refractivity contribution in [1.82, 2.24) is 0 Å². The molecule has 0 aromatic carbocycles. The van der Waals surface area contributed by atoms with Crippen molar-refractivity contribution in [3.05, 3.63) is 9.39 Å². The molecule has 0 bridgehead atoms. The van der Waals surface area contributed by atoms with Gasteiger partial charge in [0.25, 0.3) is 0 Å². The van der Waals surface area contributed by atoms with Crippen LogP contribution in [-0.2, 0) is 19.3 Å². The second kappa shape index (κ2) is 5.74. The van der Waals surface area contributed by atoms with Crippen LogP contribution in [0.1, 0.15) is 0 Å². The Hall–Kier alpha value is 0.0900. The summed E-state index contributed by atoms with van der Waals surface area (Å²) in [7, 11) is -0.284. The van der Waals surface area contributed by atoms with Crippen molar-refractivity contribution in [2.45, 2.75) is 0 Å². The minimum atomic E-state index is -3.22. The van der Waals surface area contributed by atoms with Gasteiger partial charge in [-0.05, 0) is 0 Å². The predicted molar refractivity (Wildman–Crippen MR) is 54.5 cm³/mol. The topological polar surface area (TPSA) is 52.6 Å². The molecule has 6 heteroatoms. The zero-order chi connectivity index (χ0) is 10.5. The van der Waals surface area contributed by atoms with Crippen molar-refractivity contribution in [2.75, 3.05) is 33.7 Å². The first-order chi connectivity index (χ1) is 5.93. The van der Waals surface area contributed by atoms with Gasteiger partial charge in [0.2, 0.25) is 0 Å². The van der Waals surface area contributed by atoms with Crippen LogP contribution < -0.4 is 0 Å². The zero-order valence-corrected chi connectivity index (χ0v) is 10.2. The highest BCUT2D eigenvalue weighted by atomic mass is 79.9. The van der Waals surface area contributed by atoms with E-state index in [-0.39, 0.29) is 18.1 Å². The summed E-state index contributed by atoms with van der Waals surface area (Å²) in [5.41, 5.74) is 0. The Labute approximate surface area is 87.0 Å². The van der Waals surface area contributed by atoms with Crippen molar-refractivity contribution < 1.29 is 17.9 Å². The largest absolute Gasteiger partial charge is 0.379 e. The normalized spacial score (nSPS) is 14.2. The third-order valence-electron chi connectivity index (χ3n) is 1.30. The summed E-state index contributed by atoms with van der Waals surface area (Å²) in [6.07, 6.45) is 1.14. The van der Waals surface area contributed by atoms with Crippen molar-refractivity contribution in [3.8, 4) is 0 Å². The average molecular weight is 273 g/mol. The van der Waals surface area contributed by atoms with Gasteiger partial charge in [-0.1, -0.05) is 15.9 Å². The van der Waals surface area contributed by atoms with Crippen molar-refractivity contribution >= 4 is 25.8 Å². The molecule has 0 aliphatic carbocycles. The lowest BCUT2D eigenvalue weighted by molar-refractivity contribution is 0.219. The van der Waals surface area contributed by atoms with Gasteiger partial charge in [0.15, 0.2) is 9.84 Å². The summed E-state index contributed by atoms with van der Waals surface area (Å²) in [5, 5.41) is 0. The first kappa shape index (κ1) is 13.1. The van der Waals surface area contributed by atoms with Gasteiger partial charge in [-0.15, -0.1) is 0 Å². The van der Waals surface area contributed by atoms with E-state index in [0.29, 0.717) is 4.48 Å². The van der Waals surface area contributed by atoms with Gasteiger partial charge in [-0.25, -0.2) is 8.42 Å². The molecule has 0 rings (SSSR count). The van der Waals surface area contributed by atoms with Crippen LogP contribution in [0.3, 0.4) is 0 Å². The summed E-state index contributed by atoms with van der Waals surface area (Å²) in [6, 6.07) is 0. The van der Waals surface area contributed by atoms with Crippen LogP contribution in [0.4, 0.5) is 0 Å². The van der Waals surface area contributed by atoms with Crippen molar-refractivity contribution in [1.29, 1.82) is 0 Å². The van der Waals surface area contributed by atoms with E-state index in [1.165, 1.54) is 14.2 Å². The molecule has 0 spiro atoms. The van der Waals surface area contributed by atoms with Gasteiger partial charge >= 0.3 is 0 Å². The molecule has 0 heterocycles. The Balaban J connectivity index is 4.89. The second-order valence-electron chi connectivity index (χ2n) is 2.47. The standard InChI is InChI=1S/C7H13BrO4S/c1-11-4-6(8)7(5-12-2)13(3,9)10/h4-5H2,1-3H3. The van der Waals surface area contributed by atoms with E-state index in [1.807, 2.05) is 0 Å². The molecule has 78 valence electrons. The molecule has 0 saturated carbocycles. The Kier molecular flexibility index (Phi) is 5.78. The van der Waals surface area contributed by atoms with E-state index >= 15 is 0 Å². The van der Waals surface area contributed by atoms with Crippen LogP contribution in [0, 0.1) is 0 Å². The summed E-state index contributed by atoms with van der Waals surface area (Å²) in [5.74, 6) is 0. The van der Waals surface area contributed by atoms with Crippen LogP contribution in [0.25, 0.3) is 0 Å². The minimum Gasteiger partial charge on any atom is -0.379 e. The Morgan fingerprint density at radius 2 is 1.69 bits per heavy atom.